The van der Waals surface area contributed by atoms with E-state index in [9.17, 15) is 4.79 Å². The highest BCUT2D eigenvalue weighted by atomic mass is 32.1. The molecule has 1 aliphatic rings. The first-order valence-electron chi connectivity index (χ1n) is 7.45. The van der Waals surface area contributed by atoms with Crippen molar-refractivity contribution in [3.8, 4) is 0 Å². The van der Waals surface area contributed by atoms with E-state index in [4.69, 9.17) is 0 Å². The summed E-state index contributed by atoms with van der Waals surface area (Å²) in [6.45, 7) is 4.41. The molecule has 2 aromatic rings. The molecule has 104 valence electrons. The van der Waals surface area contributed by atoms with E-state index in [2.05, 4.69) is 32.0 Å². The number of carbonyl (C=O) groups is 1. The lowest BCUT2D eigenvalue weighted by molar-refractivity contribution is 0.104. The highest BCUT2D eigenvalue weighted by Crippen LogP contribution is 2.32. The first-order chi connectivity index (χ1) is 9.69. The van der Waals surface area contributed by atoms with Gasteiger partial charge in [0.15, 0.2) is 0 Å². The summed E-state index contributed by atoms with van der Waals surface area (Å²) < 4.78 is 0. The molecule has 1 nitrogen and oxygen atoms in total. The van der Waals surface area contributed by atoms with Crippen LogP contribution < -0.4 is 0 Å². The summed E-state index contributed by atoms with van der Waals surface area (Å²) in [6.07, 6.45) is 4.68. The summed E-state index contributed by atoms with van der Waals surface area (Å²) in [5.41, 5.74) is 3.53. The summed E-state index contributed by atoms with van der Waals surface area (Å²) >= 11 is 1.69. The van der Waals surface area contributed by atoms with Crippen molar-refractivity contribution in [3.05, 3.63) is 56.8 Å². The van der Waals surface area contributed by atoms with Crippen molar-refractivity contribution in [1.82, 2.24) is 0 Å². The fraction of sp³-hybridized carbons (Fsp3) is 0.389. The van der Waals surface area contributed by atoms with Crippen LogP contribution in [0, 0.1) is 0 Å². The maximum Gasteiger partial charge on any atom is 0.202 e. The van der Waals surface area contributed by atoms with Gasteiger partial charge in [0.25, 0.3) is 0 Å². The lowest BCUT2D eigenvalue weighted by Gasteiger charge is -2.09. The molecule has 0 N–H and O–H groups in total. The van der Waals surface area contributed by atoms with Gasteiger partial charge in [0.05, 0.1) is 4.88 Å². The van der Waals surface area contributed by atoms with Crippen LogP contribution in [0.1, 0.15) is 63.8 Å². The smallest absolute Gasteiger partial charge is 0.202 e. The maximum atomic E-state index is 12.5. The molecule has 0 radical (unpaired) electrons. The minimum Gasteiger partial charge on any atom is -0.288 e. The minimum absolute atomic E-state index is 0.181. The first-order valence-corrected chi connectivity index (χ1v) is 8.27. The monoisotopic (exact) mass is 284 g/mol. The predicted molar refractivity (Wildman–Crippen MR) is 84.9 cm³/mol. The Morgan fingerprint density at radius 3 is 2.65 bits per heavy atom. The Morgan fingerprint density at radius 1 is 1.25 bits per heavy atom. The number of hydrogen-bond acceptors (Lipinski definition) is 2. The van der Waals surface area contributed by atoms with E-state index >= 15 is 0 Å². The zero-order chi connectivity index (χ0) is 14.1. The third-order valence-corrected chi connectivity index (χ3v) is 5.56. The molecule has 1 unspecified atom stereocenters. The van der Waals surface area contributed by atoms with Gasteiger partial charge in [0.2, 0.25) is 5.78 Å². The number of benzene rings is 1. The molecule has 1 heterocycles. The Kier molecular flexibility index (Phi) is 3.75. The van der Waals surface area contributed by atoms with Crippen LogP contribution in [-0.4, -0.2) is 5.78 Å². The van der Waals surface area contributed by atoms with Gasteiger partial charge in [0.1, 0.15) is 0 Å². The average Bonchev–Trinajstić information content (AvgIpc) is 3.07. The van der Waals surface area contributed by atoms with Crippen LogP contribution in [0.25, 0.3) is 0 Å². The SMILES string of the molecule is CCC(C)c1ccc(C(=O)c2cc3c(s2)CCC3)cc1. The molecule has 0 spiro atoms. The topological polar surface area (TPSA) is 17.1 Å². The number of fused-ring (bicyclic) bond motifs is 1. The number of ketones is 1. The zero-order valence-corrected chi connectivity index (χ0v) is 12.9. The molecule has 1 atom stereocenters. The normalized spacial score (nSPS) is 15.1. The lowest BCUT2D eigenvalue weighted by atomic mass is 9.96. The third-order valence-electron chi connectivity index (χ3n) is 4.32. The maximum absolute atomic E-state index is 12.5. The molecule has 1 aromatic heterocycles. The van der Waals surface area contributed by atoms with Crippen molar-refractivity contribution in [2.45, 2.75) is 45.4 Å². The van der Waals surface area contributed by atoms with Crippen molar-refractivity contribution in [2.75, 3.05) is 0 Å². The Morgan fingerprint density at radius 2 is 2.00 bits per heavy atom. The summed E-state index contributed by atoms with van der Waals surface area (Å²) in [7, 11) is 0. The average molecular weight is 284 g/mol. The Balaban J connectivity index is 1.83. The fourth-order valence-corrected chi connectivity index (χ4v) is 4.00. The van der Waals surface area contributed by atoms with Crippen molar-refractivity contribution in [1.29, 1.82) is 0 Å². The van der Waals surface area contributed by atoms with E-state index in [0.717, 1.165) is 29.7 Å². The summed E-state index contributed by atoms with van der Waals surface area (Å²) in [5, 5.41) is 0. The van der Waals surface area contributed by atoms with Crippen molar-refractivity contribution < 1.29 is 4.79 Å². The van der Waals surface area contributed by atoms with Gasteiger partial charge in [-0.05, 0) is 48.8 Å². The van der Waals surface area contributed by atoms with Gasteiger partial charge in [-0.2, -0.15) is 0 Å². The van der Waals surface area contributed by atoms with E-state index in [0.29, 0.717) is 5.92 Å². The van der Waals surface area contributed by atoms with Crippen LogP contribution >= 0.6 is 11.3 Å². The van der Waals surface area contributed by atoms with E-state index in [1.807, 2.05) is 12.1 Å². The van der Waals surface area contributed by atoms with Crippen LogP contribution in [-0.2, 0) is 12.8 Å². The number of thiophene rings is 1. The van der Waals surface area contributed by atoms with Crippen LogP contribution in [0.5, 0.6) is 0 Å². The van der Waals surface area contributed by atoms with Gasteiger partial charge in [0, 0.05) is 10.4 Å². The quantitative estimate of drug-likeness (QED) is 0.724. The van der Waals surface area contributed by atoms with E-state index in [1.54, 1.807) is 11.3 Å². The molecule has 0 fully saturated rings. The largest absolute Gasteiger partial charge is 0.288 e. The van der Waals surface area contributed by atoms with Crippen LogP contribution in [0.3, 0.4) is 0 Å². The first kappa shape index (κ1) is 13.6. The number of rotatable bonds is 4. The van der Waals surface area contributed by atoms with Crippen LogP contribution in [0.15, 0.2) is 30.3 Å². The van der Waals surface area contributed by atoms with Crippen molar-refractivity contribution in [3.63, 3.8) is 0 Å². The Labute approximate surface area is 124 Å². The van der Waals surface area contributed by atoms with E-state index in [-0.39, 0.29) is 5.78 Å². The Hall–Kier alpha value is -1.41. The third kappa shape index (κ3) is 2.45. The van der Waals surface area contributed by atoms with Gasteiger partial charge in [-0.3, -0.25) is 4.79 Å². The highest BCUT2D eigenvalue weighted by Gasteiger charge is 2.19. The van der Waals surface area contributed by atoms with Crippen LogP contribution in [0.2, 0.25) is 0 Å². The number of carbonyl (C=O) groups excluding carboxylic acids is 1. The molecule has 1 aromatic carbocycles. The lowest BCUT2D eigenvalue weighted by Crippen LogP contribution is -2.00. The van der Waals surface area contributed by atoms with Crippen molar-refractivity contribution >= 4 is 17.1 Å². The minimum atomic E-state index is 0.181. The van der Waals surface area contributed by atoms with Crippen molar-refractivity contribution in [2.24, 2.45) is 0 Å². The molecule has 2 heteroatoms. The molecule has 0 saturated carbocycles. The second-order valence-electron chi connectivity index (χ2n) is 5.67. The van der Waals surface area contributed by atoms with Gasteiger partial charge < -0.3 is 0 Å². The number of hydrogen-bond donors (Lipinski definition) is 0. The molecule has 0 saturated heterocycles. The molecule has 3 rings (SSSR count). The van der Waals surface area contributed by atoms with Gasteiger partial charge in [-0.15, -0.1) is 11.3 Å². The zero-order valence-electron chi connectivity index (χ0n) is 12.1. The molecule has 0 aliphatic heterocycles. The molecular weight excluding hydrogens is 264 g/mol. The molecular formula is C18H20OS. The predicted octanol–water partition coefficient (Wildman–Crippen LogP) is 4.98. The standard InChI is InChI=1S/C18H20OS/c1-3-12(2)13-7-9-14(10-8-13)18(19)17-11-15-5-4-6-16(15)20-17/h7-12H,3-6H2,1-2H3. The molecule has 20 heavy (non-hydrogen) atoms. The summed E-state index contributed by atoms with van der Waals surface area (Å²) in [5.74, 6) is 0.741. The second kappa shape index (κ2) is 5.53. The second-order valence-corrected chi connectivity index (χ2v) is 6.81. The summed E-state index contributed by atoms with van der Waals surface area (Å²) in [4.78, 5) is 14.8. The summed E-state index contributed by atoms with van der Waals surface area (Å²) in [6, 6.07) is 10.3. The van der Waals surface area contributed by atoms with E-state index in [1.165, 1.54) is 22.4 Å². The molecule has 0 amide bonds. The highest BCUT2D eigenvalue weighted by molar-refractivity contribution is 7.14. The van der Waals surface area contributed by atoms with Gasteiger partial charge >= 0.3 is 0 Å². The van der Waals surface area contributed by atoms with Gasteiger partial charge in [-0.1, -0.05) is 38.1 Å². The fourth-order valence-electron chi connectivity index (χ4n) is 2.78. The molecule has 0 bridgehead atoms. The van der Waals surface area contributed by atoms with Crippen LogP contribution in [0.4, 0.5) is 0 Å². The van der Waals surface area contributed by atoms with Gasteiger partial charge in [-0.25, -0.2) is 0 Å². The molecule has 1 aliphatic carbocycles. The Bertz CT molecular complexity index is 600. The number of aryl methyl sites for hydroxylation is 2. The van der Waals surface area contributed by atoms with E-state index < -0.39 is 0 Å².